The van der Waals surface area contributed by atoms with Crippen LogP contribution in [-0.2, 0) is 0 Å². The van der Waals surface area contributed by atoms with Gasteiger partial charge in [0.1, 0.15) is 11.5 Å². The summed E-state index contributed by atoms with van der Waals surface area (Å²) in [6.45, 7) is 9.17. The van der Waals surface area contributed by atoms with Crippen LogP contribution in [0.3, 0.4) is 0 Å². The third kappa shape index (κ3) is 5.30. The predicted octanol–water partition coefficient (Wildman–Crippen LogP) is 3.91. The first kappa shape index (κ1) is 17.9. The molecule has 0 N–H and O–H groups in total. The van der Waals surface area contributed by atoms with E-state index in [4.69, 9.17) is 0 Å². The first-order valence-corrected chi connectivity index (χ1v) is 8.29. The van der Waals surface area contributed by atoms with E-state index in [0.29, 0.717) is 30.5 Å². The minimum Gasteiger partial charge on any atom is -0.333 e. The van der Waals surface area contributed by atoms with Crippen LogP contribution in [0.15, 0.2) is 42.5 Å². The lowest BCUT2D eigenvalue weighted by Crippen LogP contribution is -2.35. The molecule has 1 aromatic carbocycles. The maximum atomic E-state index is 12.8. The number of carbonyl (C=O) groups is 1. The van der Waals surface area contributed by atoms with Gasteiger partial charge < -0.3 is 4.90 Å². The van der Waals surface area contributed by atoms with E-state index in [-0.39, 0.29) is 5.91 Å². The van der Waals surface area contributed by atoms with Crippen LogP contribution < -0.4 is 0 Å². The van der Waals surface area contributed by atoms with E-state index in [1.54, 1.807) is 6.07 Å². The average Bonchev–Trinajstić information content (AvgIpc) is 2.53. The third-order valence-electron chi connectivity index (χ3n) is 3.49. The fourth-order valence-corrected chi connectivity index (χ4v) is 2.55. The van der Waals surface area contributed by atoms with E-state index in [1.165, 1.54) is 0 Å². The van der Waals surface area contributed by atoms with Crippen LogP contribution in [0, 0.1) is 19.8 Å². The zero-order valence-corrected chi connectivity index (χ0v) is 14.9. The highest BCUT2D eigenvalue weighted by Crippen LogP contribution is 2.09. The lowest BCUT2D eigenvalue weighted by atomic mass is 10.1. The van der Waals surface area contributed by atoms with E-state index < -0.39 is 0 Å². The zero-order chi connectivity index (χ0) is 17.5. The minimum absolute atomic E-state index is 0.0463. The molecule has 0 unspecified atom stereocenters. The van der Waals surface area contributed by atoms with Crippen LogP contribution in [0.2, 0.25) is 0 Å². The molecular weight excluding hydrogens is 298 g/mol. The van der Waals surface area contributed by atoms with Crippen LogP contribution in [0.4, 0.5) is 0 Å². The van der Waals surface area contributed by atoms with Gasteiger partial charge in [-0.2, -0.15) is 0 Å². The smallest absolute Gasteiger partial charge is 0.272 e. The predicted molar refractivity (Wildman–Crippen MR) is 97.7 cm³/mol. The molecule has 4 nitrogen and oxygen atoms in total. The molecule has 126 valence electrons. The van der Waals surface area contributed by atoms with Crippen LogP contribution in [0.25, 0.3) is 6.08 Å². The number of aryl methyl sites for hydroxylation is 2. The van der Waals surface area contributed by atoms with Gasteiger partial charge in [-0.3, -0.25) is 4.79 Å². The quantitative estimate of drug-likeness (QED) is 0.810. The van der Waals surface area contributed by atoms with Crippen LogP contribution in [-0.4, -0.2) is 33.9 Å². The molecule has 0 fully saturated rings. The van der Waals surface area contributed by atoms with E-state index in [1.807, 2.05) is 61.2 Å². The van der Waals surface area contributed by atoms with Crippen molar-refractivity contribution in [1.29, 1.82) is 0 Å². The molecule has 0 saturated heterocycles. The molecular formula is C20H25N3O. The van der Waals surface area contributed by atoms with Gasteiger partial charge in [-0.25, -0.2) is 9.97 Å². The van der Waals surface area contributed by atoms with Gasteiger partial charge in [0.2, 0.25) is 0 Å². The molecule has 0 aliphatic carbocycles. The Morgan fingerprint density at radius 3 is 2.50 bits per heavy atom. The lowest BCUT2D eigenvalue weighted by molar-refractivity contribution is 0.0750. The summed E-state index contributed by atoms with van der Waals surface area (Å²) in [6.07, 6.45) is 4.06. The lowest BCUT2D eigenvalue weighted by Gasteiger charge is -2.23. The van der Waals surface area contributed by atoms with Crippen LogP contribution >= 0.6 is 0 Å². The van der Waals surface area contributed by atoms with Crippen molar-refractivity contribution in [2.45, 2.75) is 27.7 Å². The highest BCUT2D eigenvalue weighted by Gasteiger charge is 2.18. The third-order valence-corrected chi connectivity index (χ3v) is 3.49. The average molecular weight is 323 g/mol. The molecule has 0 spiro atoms. The monoisotopic (exact) mass is 323 g/mol. The second-order valence-corrected chi connectivity index (χ2v) is 6.36. The van der Waals surface area contributed by atoms with Crippen molar-refractivity contribution in [3.05, 3.63) is 65.2 Å². The summed E-state index contributed by atoms with van der Waals surface area (Å²) in [5.74, 6) is 0.973. The van der Waals surface area contributed by atoms with E-state index in [9.17, 15) is 4.79 Å². The molecule has 0 aliphatic heterocycles. The Balaban J connectivity index is 2.15. The van der Waals surface area contributed by atoms with Gasteiger partial charge in [0.15, 0.2) is 0 Å². The van der Waals surface area contributed by atoms with Gasteiger partial charge in [-0.15, -0.1) is 0 Å². The van der Waals surface area contributed by atoms with Crippen LogP contribution in [0.5, 0.6) is 0 Å². The van der Waals surface area contributed by atoms with Crippen molar-refractivity contribution in [1.82, 2.24) is 14.9 Å². The van der Waals surface area contributed by atoms with Crippen molar-refractivity contribution in [3.63, 3.8) is 0 Å². The molecule has 0 aliphatic rings. The normalized spacial score (nSPS) is 11.2. The van der Waals surface area contributed by atoms with Gasteiger partial charge in [-0.05, 0) is 31.4 Å². The second kappa shape index (κ2) is 8.39. The van der Waals surface area contributed by atoms with E-state index in [0.717, 1.165) is 11.3 Å². The Labute approximate surface area is 144 Å². The van der Waals surface area contributed by atoms with Crippen molar-refractivity contribution < 1.29 is 4.79 Å². The summed E-state index contributed by atoms with van der Waals surface area (Å²) >= 11 is 0. The summed E-state index contributed by atoms with van der Waals surface area (Å²) in [4.78, 5) is 23.2. The molecule has 0 saturated carbocycles. The van der Waals surface area contributed by atoms with E-state index in [2.05, 4.69) is 23.8 Å². The first-order valence-electron chi connectivity index (χ1n) is 8.29. The maximum absolute atomic E-state index is 12.8. The van der Waals surface area contributed by atoms with Gasteiger partial charge >= 0.3 is 0 Å². The largest absolute Gasteiger partial charge is 0.333 e. The van der Waals surface area contributed by atoms with Gasteiger partial charge in [0, 0.05) is 18.8 Å². The summed E-state index contributed by atoms with van der Waals surface area (Å²) in [5.41, 5.74) is 2.41. The maximum Gasteiger partial charge on any atom is 0.272 e. The Kier molecular flexibility index (Phi) is 6.24. The molecule has 2 aromatic rings. The Morgan fingerprint density at radius 1 is 1.17 bits per heavy atom. The van der Waals surface area contributed by atoms with Crippen molar-refractivity contribution in [2.75, 3.05) is 13.1 Å². The van der Waals surface area contributed by atoms with Gasteiger partial charge in [0.25, 0.3) is 5.91 Å². The molecule has 24 heavy (non-hydrogen) atoms. The van der Waals surface area contributed by atoms with Gasteiger partial charge in [0.05, 0.1) is 0 Å². The molecule has 2 rings (SSSR count). The highest BCUT2D eigenvalue weighted by atomic mass is 16.2. The van der Waals surface area contributed by atoms with E-state index >= 15 is 0 Å². The molecule has 0 atom stereocenters. The topological polar surface area (TPSA) is 46.1 Å². The number of nitrogens with zero attached hydrogens (tertiary/aromatic N) is 3. The van der Waals surface area contributed by atoms with Crippen molar-refractivity contribution in [2.24, 2.45) is 5.92 Å². The Bertz CT molecular complexity index is 688. The first-order chi connectivity index (χ1) is 11.5. The molecule has 0 bridgehead atoms. The standard InChI is InChI=1S/C20H25N3O/c1-15(2)14-23(12-8-11-18-9-6-5-7-10-18)20(24)19-13-16(3)21-17(4)22-19/h5-11,13,15H,12,14H2,1-4H3. The molecule has 1 aromatic heterocycles. The Hall–Kier alpha value is -2.49. The SMILES string of the molecule is Cc1cc(C(=O)N(CC=Cc2ccccc2)CC(C)C)nc(C)n1. The number of aromatic nitrogens is 2. The second-order valence-electron chi connectivity index (χ2n) is 6.36. The number of hydrogen-bond acceptors (Lipinski definition) is 3. The summed E-state index contributed by atoms with van der Waals surface area (Å²) in [7, 11) is 0. The summed E-state index contributed by atoms with van der Waals surface area (Å²) < 4.78 is 0. The fraction of sp³-hybridized carbons (Fsp3) is 0.350. The number of rotatable bonds is 6. The number of benzene rings is 1. The highest BCUT2D eigenvalue weighted by molar-refractivity contribution is 5.92. The molecule has 1 heterocycles. The molecule has 0 radical (unpaired) electrons. The number of hydrogen-bond donors (Lipinski definition) is 0. The number of carbonyl (C=O) groups excluding carboxylic acids is 1. The summed E-state index contributed by atoms with van der Waals surface area (Å²) in [5, 5.41) is 0. The van der Waals surface area contributed by atoms with Crippen molar-refractivity contribution >= 4 is 12.0 Å². The minimum atomic E-state index is -0.0463. The van der Waals surface area contributed by atoms with Crippen molar-refractivity contribution in [3.8, 4) is 0 Å². The Morgan fingerprint density at radius 2 is 1.88 bits per heavy atom. The molecule has 1 amide bonds. The zero-order valence-electron chi connectivity index (χ0n) is 14.9. The fourth-order valence-electron chi connectivity index (χ4n) is 2.55. The summed E-state index contributed by atoms with van der Waals surface area (Å²) in [6, 6.07) is 11.8. The molecule has 4 heteroatoms. The number of amides is 1. The van der Waals surface area contributed by atoms with Gasteiger partial charge in [-0.1, -0.05) is 56.3 Å². The van der Waals surface area contributed by atoms with Crippen LogP contribution in [0.1, 0.15) is 41.4 Å².